The van der Waals surface area contributed by atoms with E-state index in [0.717, 1.165) is 12.0 Å². The molecule has 2 nitrogen and oxygen atoms in total. The van der Waals surface area contributed by atoms with E-state index >= 15 is 0 Å². The lowest BCUT2D eigenvalue weighted by Gasteiger charge is -2.04. The molecule has 0 spiro atoms. The van der Waals surface area contributed by atoms with Crippen LogP contribution in [0, 0.1) is 5.82 Å². The fraction of sp³-hybridized carbons (Fsp3) is 0.455. The Morgan fingerprint density at radius 3 is 2.87 bits per heavy atom. The summed E-state index contributed by atoms with van der Waals surface area (Å²) >= 11 is 0. The van der Waals surface area contributed by atoms with E-state index in [1.54, 1.807) is 6.07 Å². The Labute approximate surface area is 89.5 Å². The molecule has 1 aliphatic heterocycles. The quantitative estimate of drug-likeness (QED) is 0.568. The summed E-state index contributed by atoms with van der Waals surface area (Å²) in [5.41, 5.74) is 1.42. The van der Waals surface area contributed by atoms with Crippen molar-refractivity contribution in [3.63, 3.8) is 0 Å². The largest absolute Gasteiger partial charge is 0.394 e. The average molecular weight is 206 g/mol. The molecule has 78 valence electrons. The molecule has 2 radical (unpaired) electrons. The van der Waals surface area contributed by atoms with Gasteiger partial charge in [0.1, 0.15) is 19.8 Å². The summed E-state index contributed by atoms with van der Waals surface area (Å²) < 4.78 is 18.1. The molecule has 0 aliphatic carbocycles. The van der Waals surface area contributed by atoms with Gasteiger partial charge >= 0.3 is 0 Å². The van der Waals surface area contributed by atoms with E-state index in [2.05, 4.69) is 0 Å². The number of rotatable bonds is 4. The van der Waals surface area contributed by atoms with Crippen molar-refractivity contribution in [1.82, 2.24) is 0 Å². The highest BCUT2D eigenvalue weighted by Gasteiger charge is 2.37. The third kappa shape index (κ3) is 2.58. The molecule has 1 fully saturated rings. The fourth-order valence-electron chi connectivity index (χ4n) is 1.68. The standard InChI is InChI=1S/C11H12BFO2/c12-9-3-2-8(13)5-7(9)1-4-10-11(6-14)15-10/h2-3,5,10-11,14H,1,4,6H2. The second-order valence-corrected chi connectivity index (χ2v) is 3.78. The van der Waals surface area contributed by atoms with Crippen LogP contribution in [0.3, 0.4) is 0 Å². The molecule has 1 saturated heterocycles. The predicted octanol–water partition coefficient (Wildman–Crippen LogP) is 0.312. The highest BCUT2D eigenvalue weighted by molar-refractivity contribution is 6.33. The Morgan fingerprint density at radius 2 is 2.20 bits per heavy atom. The monoisotopic (exact) mass is 206 g/mol. The molecule has 0 aromatic heterocycles. The van der Waals surface area contributed by atoms with E-state index in [4.69, 9.17) is 17.7 Å². The van der Waals surface area contributed by atoms with Crippen molar-refractivity contribution < 1.29 is 14.2 Å². The summed E-state index contributed by atoms with van der Waals surface area (Å²) in [6, 6.07) is 4.37. The maximum atomic E-state index is 12.9. The number of epoxide rings is 1. The van der Waals surface area contributed by atoms with Gasteiger partial charge < -0.3 is 9.84 Å². The van der Waals surface area contributed by atoms with E-state index in [1.165, 1.54) is 12.1 Å². The van der Waals surface area contributed by atoms with Crippen LogP contribution in [0.1, 0.15) is 12.0 Å². The van der Waals surface area contributed by atoms with Gasteiger partial charge in [-0.1, -0.05) is 17.1 Å². The number of hydrogen-bond donors (Lipinski definition) is 1. The van der Waals surface area contributed by atoms with E-state index in [0.29, 0.717) is 11.9 Å². The lowest BCUT2D eigenvalue weighted by atomic mass is 9.88. The van der Waals surface area contributed by atoms with Gasteiger partial charge in [-0.15, -0.1) is 0 Å². The lowest BCUT2D eigenvalue weighted by Crippen LogP contribution is -2.12. The average Bonchev–Trinajstić information content (AvgIpc) is 2.98. The second-order valence-electron chi connectivity index (χ2n) is 3.78. The van der Waals surface area contributed by atoms with Gasteiger partial charge in [-0.2, -0.15) is 0 Å². The topological polar surface area (TPSA) is 32.8 Å². The van der Waals surface area contributed by atoms with Crippen molar-refractivity contribution in [3.8, 4) is 0 Å². The SMILES string of the molecule is [B]c1ccc(F)cc1CCC1OC1CO. The minimum Gasteiger partial charge on any atom is -0.394 e. The molecule has 0 bridgehead atoms. The van der Waals surface area contributed by atoms with Crippen molar-refractivity contribution in [1.29, 1.82) is 0 Å². The summed E-state index contributed by atoms with van der Waals surface area (Å²) in [5, 5.41) is 8.76. The maximum absolute atomic E-state index is 12.9. The normalized spacial score (nSPS) is 24.1. The van der Waals surface area contributed by atoms with Crippen molar-refractivity contribution in [2.24, 2.45) is 0 Å². The van der Waals surface area contributed by atoms with Crippen LogP contribution in [0.4, 0.5) is 4.39 Å². The first kappa shape index (κ1) is 10.6. The van der Waals surface area contributed by atoms with Crippen LogP contribution >= 0.6 is 0 Å². The number of ether oxygens (including phenoxy) is 1. The molecular weight excluding hydrogens is 194 g/mol. The Balaban J connectivity index is 1.91. The van der Waals surface area contributed by atoms with E-state index in [9.17, 15) is 4.39 Å². The van der Waals surface area contributed by atoms with Crippen LogP contribution < -0.4 is 5.46 Å². The third-order valence-electron chi connectivity index (χ3n) is 2.67. The second kappa shape index (κ2) is 4.33. The molecule has 2 atom stereocenters. The van der Waals surface area contributed by atoms with Crippen LogP contribution in [0.2, 0.25) is 0 Å². The number of aliphatic hydroxyl groups excluding tert-OH is 1. The number of aliphatic hydroxyl groups is 1. The van der Waals surface area contributed by atoms with Gasteiger partial charge in [0, 0.05) is 0 Å². The molecule has 15 heavy (non-hydrogen) atoms. The molecule has 2 rings (SSSR count). The minimum absolute atomic E-state index is 0.0280. The van der Waals surface area contributed by atoms with Crippen LogP contribution in [0.15, 0.2) is 18.2 Å². The Morgan fingerprint density at radius 1 is 1.40 bits per heavy atom. The maximum Gasteiger partial charge on any atom is 0.123 e. The first-order chi connectivity index (χ1) is 7.20. The highest BCUT2D eigenvalue weighted by Crippen LogP contribution is 2.25. The molecule has 1 heterocycles. The summed E-state index contributed by atoms with van der Waals surface area (Å²) in [5.74, 6) is -0.269. The third-order valence-corrected chi connectivity index (χ3v) is 2.67. The zero-order valence-electron chi connectivity index (χ0n) is 8.32. The molecule has 1 N–H and O–H groups in total. The molecule has 2 unspecified atom stereocenters. The molecule has 0 amide bonds. The van der Waals surface area contributed by atoms with E-state index in [1.807, 2.05) is 0 Å². The van der Waals surface area contributed by atoms with Gasteiger partial charge in [-0.25, -0.2) is 4.39 Å². The van der Waals surface area contributed by atoms with Gasteiger partial charge in [-0.05, 0) is 25.0 Å². The number of hydrogen-bond acceptors (Lipinski definition) is 2. The Bertz CT molecular complexity index is 356. The number of halogens is 1. The van der Waals surface area contributed by atoms with Crippen molar-refractivity contribution in [2.45, 2.75) is 25.0 Å². The summed E-state index contributed by atoms with van der Waals surface area (Å²) in [6.45, 7) is 0.0588. The summed E-state index contributed by atoms with van der Waals surface area (Å²) in [7, 11) is 5.71. The van der Waals surface area contributed by atoms with Crippen LogP contribution in [-0.4, -0.2) is 31.8 Å². The highest BCUT2D eigenvalue weighted by atomic mass is 19.1. The van der Waals surface area contributed by atoms with Crippen molar-refractivity contribution in [3.05, 3.63) is 29.6 Å². The lowest BCUT2D eigenvalue weighted by molar-refractivity contribution is 0.241. The van der Waals surface area contributed by atoms with Crippen LogP contribution in [0.25, 0.3) is 0 Å². The summed E-state index contributed by atoms with van der Waals surface area (Å²) in [4.78, 5) is 0. The van der Waals surface area contributed by atoms with Crippen LogP contribution in [0.5, 0.6) is 0 Å². The molecular formula is C11H12BFO2. The fourth-order valence-corrected chi connectivity index (χ4v) is 1.68. The molecule has 1 aromatic rings. The smallest absolute Gasteiger partial charge is 0.123 e. The van der Waals surface area contributed by atoms with Crippen LogP contribution in [-0.2, 0) is 11.2 Å². The molecule has 1 aliphatic rings. The molecule has 1 aromatic carbocycles. The Hall–Kier alpha value is -0.865. The minimum atomic E-state index is -0.269. The first-order valence-electron chi connectivity index (χ1n) is 5.01. The molecule has 4 heteroatoms. The first-order valence-corrected chi connectivity index (χ1v) is 5.01. The van der Waals surface area contributed by atoms with Crippen molar-refractivity contribution >= 4 is 13.3 Å². The van der Waals surface area contributed by atoms with Gasteiger partial charge in [0.05, 0.1) is 12.7 Å². The Kier molecular flexibility index (Phi) is 3.07. The summed E-state index contributed by atoms with van der Waals surface area (Å²) in [6.07, 6.45) is 1.54. The number of benzene rings is 1. The molecule has 0 saturated carbocycles. The van der Waals surface area contributed by atoms with Gasteiger partial charge in [-0.3, -0.25) is 0 Å². The van der Waals surface area contributed by atoms with Crippen molar-refractivity contribution in [2.75, 3.05) is 6.61 Å². The van der Waals surface area contributed by atoms with Gasteiger partial charge in [0.25, 0.3) is 0 Å². The van der Waals surface area contributed by atoms with E-state index in [-0.39, 0.29) is 24.6 Å². The zero-order valence-corrected chi connectivity index (χ0v) is 8.32. The zero-order chi connectivity index (χ0) is 10.8. The number of aryl methyl sites for hydroxylation is 1. The van der Waals surface area contributed by atoms with Gasteiger partial charge in [0.15, 0.2) is 0 Å². The predicted molar refractivity (Wildman–Crippen MR) is 55.9 cm³/mol. The van der Waals surface area contributed by atoms with Gasteiger partial charge in [0.2, 0.25) is 0 Å². The van der Waals surface area contributed by atoms with E-state index < -0.39 is 0 Å².